The molecule has 0 saturated heterocycles. The minimum Gasteiger partial charge on any atom is -0.135 e. The molecule has 0 aliphatic carbocycles. The first-order valence-electron chi connectivity index (χ1n) is 5.88. The highest BCUT2D eigenvalue weighted by atomic mass is 32.2. The quantitative estimate of drug-likeness (QED) is 0.501. The van der Waals surface area contributed by atoms with Crippen LogP contribution in [-0.2, 0) is 0 Å². The number of hydrogen-bond acceptors (Lipinski definition) is 1. The Bertz CT molecular complexity index is 282. The number of allylic oxidation sites excluding steroid dienone is 6. The van der Waals surface area contributed by atoms with Crippen molar-refractivity contribution in [1.82, 2.24) is 0 Å². The second-order valence-electron chi connectivity index (χ2n) is 3.70. The van der Waals surface area contributed by atoms with E-state index in [4.69, 9.17) is 0 Å². The van der Waals surface area contributed by atoms with E-state index in [1.165, 1.54) is 22.5 Å². The van der Waals surface area contributed by atoms with Crippen molar-refractivity contribution in [3.05, 3.63) is 47.4 Å². The van der Waals surface area contributed by atoms with Gasteiger partial charge in [-0.2, -0.15) is 0 Å². The Balaban J connectivity index is 4.38. The lowest BCUT2D eigenvalue weighted by molar-refractivity contribution is 0.831. The van der Waals surface area contributed by atoms with Gasteiger partial charge in [0.1, 0.15) is 0 Å². The van der Waals surface area contributed by atoms with E-state index in [1.54, 1.807) is 11.8 Å². The molecule has 0 N–H and O–H groups in total. The maximum absolute atomic E-state index is 4.00. The molecule has 0 aliphatic heterocycles. The largest absolute Gasteiger partial charge is 0.135 e. The van der Waals surface area contributed by atoms with Gasteiger partial charge in [0.05, 0.1) is 0 Å². The monoisotopic (exact) mass is 236 g/mol. The summed E-state index contributed by atoms with van der Waals surface area (Å²) in [5, 5.41) is 0. The first-order chi connectivity index (χ1) is 7.69. The normalized spacial score (nSPS) is 12.7. The van der Waals surface area contributed by atoms with Crippen LogP contribution in [0, 0.1) is 0 Å². The van der Waals surface area contributed by atoms with Crippen molar-refractivity contribution in [1.29, 1.82) is 0 Å². The van der Waals surface area contributed by atoms with E-state index in [-0.39, 0.29) is 0 Å². The average molecular weight is 236 g/mol. The summed E-state index contributed by atoms with van der Waals surface area (Å²) in [6, 6.07) is 0. The first kappa shape index (κ1) is 15.3. The van der Waals surface area contributed by atoms with E-state index in [9.17, 15) is 0 Å². The van der Waals surface area contributed by atoms with E-state index in [2.05, 4.69) is 45.4 Å². The highest BCUT2D eigenvalue weighted by Gasteiger charge is 2.00. The Morgan fingerprint density at radius 3 is 2.38 bits per heavy atom. The lowest BCUT2D eigenvalue weighted by Gasteiger charge is -2.08. The summed E-state index contributed by atoms with van der Waals surface area (Å²) >= 11 is 1.76. The molecule has 0 nitrogen and oxygen atoms in total. The molecule has 0 fully saturated rings. The molecule has 0 spiro atoms. The van der Waals surface area contributed by atoms with Crippen LogP contribution in [-0.4, -0.2) is 6.26 Å². The van der Waals surface area contributed by atoms with Gasteiger partial charge in [0.15, 0.2) is 0 Å². The molecular weight excluding hydrogens is 212 g/mol. The molecule has 0 atom stereocenters. The molecule has 0 aliphatic rings. The van der Waals surface area contributed by atoms with Crippen LogP contribution < -0.4 is 0 Å². The zero-order chi connectivity index (χ0) is 12.4. The van der Waals surface area contributed by atoms with Gasteiger partial charge in [0.25, 0.3) is 0 Å². The van der Waals surface area contributed by atoms with E-state index in [0.717, 1.165) is 19.3 Å². The molecule has 0 bridgehead atoms. The van der Waals surface area contributed by atoms with Gasteiger partial charge in [-0.05, 0) is 54.9 Å². The highest BCUT2D eigenvalue weighted by Crippen LogP contribution is 2.22. The molecule has 0 rings (SSSR count). The third-order valence-corrected chi connectivity index (χ3v) is 3.38. The first-order valence-corrected chi connectivity index (χ1v) is 7.10. The summed E-state index contributed by atoms with van der Waals surface area (Å²) in [6.07, 6.45) is 12.8. The summed E-state index contributed by atoms with van der Waals surface area (Å²) in [6.45, 7) is 12.2. The highest BCUT2D eigenvalue weighted by molar-refractivity contribution is 8.02. The van der Waals surface area contributed by atoms with Crippen molar-refractivity contribution >= 4 is 11.8 Å². The second kappa shape index (κ2) is 9.53. The van der Waals surface area contributed by atoms with Crippen LogP contribution in [0.1, 0.15) is 39.5 Å². The molecule has 1 heteroatoms. The van der Waals surface area contributed by atoms with Gasteiger partial charge in [0.2, 0.25) is 0 Å². The molecule has 16 heavy (non-hydrogen) atoms. The van der Waals surface area contributed by atoms with Crippen molar-refractivity contribution in [2.75, 3.05) is 6.26 Å². The van der Waals surface area contributed by atoms with Gasteiger partial charge in [-0.25, -0.2) is 0 Å². The van der Waals surface area contributed by atoms with Crippen molar-refractivity contribution in [2.45, 2.75) is 39.5 Å². The Morgan fingerprint density at radius 1 is 1.25 bits per heavy atom. The van der Waals surface area contributed by atoms with Crippen LogP contribution in [0.3, 0.4) is 0 Å². The number of thioether (sulfide) groups is 1. The molecule has 0 aromatic heterocycles. The molecule has 0 unspecified atom stereocenters. The Hall–Kier alpha value is -0.690. The van der Waals surface area contributed by atoms with Gasteiger partial charge < -0.3 is 0 Å². The fourth-order valence-corrected chi connectivity index (χ4v) is 1.97. The molecule has 0 saturated carbocycles. The molecular formula is C15H24S. The van der Waals surface area contributed by atoms with Crippen LogP contribution >= 0.6 is 11.8 Å². The van der Waals surface area contributed by atoms with Crippen LogP contribution in [0.2, 0.25) is 0 Å². The van der Waals surface area contributed by atoms with Crippen LogP contribution in [0.25, 0.3) is 0 Å². The molecule has 0 aromatic rings. The summed E-state index contributed by atoms with van der Waals surface area (Å²) in [4.78, 5) is 1.27. The number of hydrogen-bond donors (Lipinski definition) is 0. The smallest absolute Gasteiger partial charge is 0.0140 e. The Morgan fingerprint density at radius 2 is 1.94 bits per heavy atom. The van der Waals surface area contributed by atoms with Gasteiger partial charge in [-0.1, -0.05) is 38.3 Å². The summed E-state index contributed by atoms with van der Waals surface area (Å²) < 4.78 is 0. The zero-order valence-electron chi connectivity index (χ0n) is 10.9. The fraction of sp³-hybridized carbons (Fsp3) is 0.467. The Labute approximate surface area is 105 Å². The van der Waals surface area contributed by atoms with Crippen molar-refractivity contribution < 1.29 is 0 Å². The summed E-state index contributed by atoms with van der Waals surface area (Å²) in [7, 11) is 0. The maximum Gasteiger partial charge on any atom is -0.0140 e. The zero-order valence-corrected chi connectivity index (χ0v) is 11.7. The second-order valence-corrected chi connectivity index (χ2v) is 4.69. The topological polar surface area (TPSA) is 0 Å². The third-order valence-electron chi connectivity index (χ3n) is 2.60. The van der Waals surface area contributed by atoms with Gasteiger partial charge in [-0.15, -0.1) is 11.8 Å². The van der Waals surface area contributed by atoms with Gasteiger partial charge in [0, 0.05) is 0 Å². The minimum absolute atomic E-state index is 1.08. The maximum atomic E-state index is 4.00. The van der Waals surface area contributed by atoms with Crippen LogP contribution in [0.5, 0.6) is 0 Å². The van der Waals surface area contributed by atoms with E-state index >= 15 is 0 Å². The standard InChI is InChI=1S/C15H24S/c1-6-10-14(7-2)15(8-3)12-9-11-13(4)16-5/h6,8,10H,3-4,7,9,11-12H2,1-2,5H3/b10-6-,15-14+. The SMILES string of the molecule is C=C/C(CCCC(=C)SC)=C(\C=C/C)CC. The molecule has 0 aromatic carbocycles. The average Bonchev–Trinajstić information content (AvgIpc) is 2.32. The molecule has 0 amide bonds. The van der Waals surface area contributed by atoms with Crippen molar-refractivity contribution in [3.63, 3.8) is 0 Å². The Kier molecular flexibility index (Phi) is 9.12. The van der Waals surface area contributed by atoms with E-state index in [1.807, 2.05) is 6.08 Å². The minimum atomic E-state index is 1.08. The number of rotatable bonds is 8. The van der Waals surface area contributed by atoms with Gasteiger partial charge in [-0.3, -0.25) is 0 Å². The van der Waals surface area contributed by atoms with Crippen molar-refractivity contribution in [3.8, 4) is 0 Å². The van der Waals surface area contributed by atoms with Crippen LogP contribution in [0.4, 0.5) is 0 Å². The fourth-order valence-electron chi connectivity index (χ4n) is 1.62. The predicted molar refractivity (Wildman–Crippen MR) is 78.8 cm³/mol. The molecule has 90 valence electrons. The van der Waals surface area contributed by atoms with Gasteiger partial charge >= 0.3 is 0 Å². The van der Waals surface area contributed by atoms with Crippen molar-refractivity contribution in [2.24, 2.45) is 0 Å². The lowest BCUT2D eigenvalue weighted by Crippen LogP contribution is -1.88. The summed E-state index contributed by atoms with van der Waals surface area (Å²) in [5.41, 5.74) is 2.79. The third kappa shape index (κ3) is 6.02. The molecule has 0 radical (unpaired) electrons. The lowest BCUT2D eigenvalue weighted by atomic mass is 10.00. The molecule has 0 heterocycles. The van der Waals surface area contributed by atoms with E-state index < -0.39 is 0 Å². The van der Waals surface area contributed by atoms with Crippen LogP contribution in [0.15, 0.2) is 47.4 Å². The predicted octanol–water partition coefficient (Wildman–Crippen LogP) is 5.50. The van der Waals surface area contributed by atoms with E-state index in [0.29, 0.717) is 0 Å². The summed E-state index contributed by atoms with van der Waals surface area (Å²) in [5.74, 6) is 0.